The minimum atomic E-state index is 0.799. The first-order chi connectivity index (χ1) is 8.33. The molecule has 17 heavy (non-hydrogen) atoms. The molecule has 0 amide bonds. The lowest BCUT2D eigenvalue weighted by molar-refractivity contribution is 0.373. The molecule has 90 valence electrons. The zero-order valence-electron chi connectivity index (χ0n) is 9.80. The summed E-state index contributed by atoms with van der Waals surface area (Å²) in [4.78, 5) is 3.32. The number of rotatable bonds is 2. The number of benzene rings is 1. The van der Waals surface area contributed by atoms with Crippen LogP contribution in [-0.2, 0) is 6.42 Å². The van der Waals surface area contributed by atoms with Gasteiger partial charge in [-0.3, -0.25) is 0 Å². The topological polar surface area (TPSA) is 27.8 Å². The van der Waals surface area contributed by atoms with Crippen LogP contribution in [0.25, 0.3) is 10.9 Å². The van der Waals surface area contributed by atoms with Gasteiger partial charge in [0.2, 0.25) is 0 Å². The van der Waals surface area contributed by atoms with Gasteiger partial charge in [0, 0.05) is 22.1 Å². The molecule has 2 N–H and O–H groups in total. The quantitative estimate of drug-likeness (QED) is 0.838. The van der Waals surface area contributed by atoms with Gasteiger partial charge in [0.05, 0.1) is 0 Å². The summed E-state index contributed by atoms with van der Waals surface area (Å²) in [7, 11) is 0. The van der Waals surface area contributed by atoms with E-state index < -0.39 is 0 Å². The van der Waals surface area contributed by atoms with Gasteiger partial charge < -0.3 is 10.3 Å². The van der Waals surface area contributed by atoms with Crippen LogP contribution in [0.3, 0.4) is 0 Å². The highest BCUT2D eigenvalue weighted by atomic mass is 35.5. The third-order valence-corrected chi connectivity index (χ3v) is 3.93. The van der Waals surface area contributed by atoms with Crippen molar-refractivity contribution in [2.24, 2.45) is 5.92 Å². The van der Waals surface area contributed by atoms with E-state index in [1.807, 2.05) is 12.1 Å². The normalized spacial score (nSPS) is 17.7. The first-order valence-corrected chi connectivity index (χ1v) is 6.67. The van der Waals surface area contributed by atoms with Gasteiger partial charge in [0.1, 0.15) is 0 Å². The van der Waals surface area contributed by atoms with Gasteiger partial charge in [-0.25, -0.2) is 0 Å². The van der Waals surface area contributed by atoms with Gasteiger partial charge in [-0.1, -0.05) is 17.7 Å². The highest BCUT2D eigenvalue weighted by molar-refractivity contribution is 6.31. The van der Waals surface area contributed by atoms with Crippen molar-refractivity contribution in [3.63, 3.8) is 0 Å². The molecule has 1 saturated heterocycles. The molecule has 0 bridgehead atoms. The molecule has 1 aliphatic heterocycles. The third-order valence-electron chi connectivity index (χ3n) is 3.70. The predicted molar refractivity (Wildman–Crippen MR) is 72.6 cm³/mol. The molecule has 0 atom stereocenters. The number of halogens is 1. The zero-order valence-corrected chi connectivity index (χ0v) is 10.6. The fraction of sp³-hybridized carbons (Fsp3) is 0.429. The summed E-state index contributed by atoms with van der Waals surface area (Å²) in [6.45, 7) is 2.33. The predicted octanol–water partition coefficient (Wildman–Crippen LogP) is 3.36. The third kappa shape index (κ3) is 2.33. The van der Waals surface area contributed by atoms with E-state index in [9.17, 15) is 0 Å². The van der Waals surface area contributed by atoms with E-state index in [0.29, 0.717) is 0 Å². The SMILES string of the molecule is Clc1ccc2c(CC3CCNCC3)c[nH]c2c1. The Hall–Kier alpha value is -0.990. The van der Waals surface area contributed by atoms with E-state index in [0.717, 1.165) is 16.5 Å². The lowest BCUT2D eigenvalue weighted by atomic mass is 9.91. The lowest BCUT2D eigenvalue weighted by Crippen LogP contribution is -2.28. The largest absolute Gasteiger partial charge is 0.361 e. The van der Waals surface area contributed by atoms with Gasteiger partial charge in [-0.2, -0.15) is 0 Å². The molecular formula is C14H17ClN2. The number of hydrogen-bond acceptors (Lipinski definition) is 1. The average Bonchev–Trinajstić information content (AvgIpc) is 2.73. The monoisotopic (exact) mass is 248 g/mol. The van der Waals surface area contributed by atoms with Crippen molar-refractivity contribution in [2.45, 2.75) is 19.3 Å². The summed E-state index contributed by atoms with van der Waals surface area (Å²) in [6, 6.07) is 6.11. The maximum absolute atomic E-state index is 5.99. The van der Waals surface area contributed by atoms with Crippen molar-refractivity contribution in [1.29, 1.82) is 0 Å². The summed E-state index contributed by atoms with van der Waals surface area (Å²) in [5, 5.41) is 5.54. The molecule has 3 rings (SSSR count). The molecule has 1 fully saturated rings. The second-order valence-electron chi connectivity index (χ2n) is 4.90. The van der Waals surface area contributed by atoms with E-state index in [4.69, 9.17) is 11.6 Å². The molecular weight excluding hydrogens is 232 g/mol. The van der Waals surface area contributed by atoms with Crippen molar-refractivity contribution in [2.75, 3.05) is 13.1 Å². The van der Waals surface area contributed by atoms with Crippen LogP contribution in [0.5, 0.6) is 0 Å². The Kier molecular flexibility index (Phi) is 3.08. The average molecular weight is 249 g/mol. The van der Waals surface area contributed by atoms with E-state index >= 15 is 0 Å². The van der Waals surface area contributed by atoms with Gasteiger partial charge in [-0.15, -0.1) is 0 Å². The minimum absolute atomic E-state index is 0.799. The highest BCUT2D eigenvalue weighted by Gasteiger charge is 2.15. The molecule has 1 aromatic heterocycles. The first-order valence-electron chi connectivity index (χ1n) is 6.29. The minimum Gasteiger partial charge on any atom is -0.361 e. The van der Waals surface area contributed by atoms with Crippen LogP contribution in [0.1, 0.15) is 18.4 Å². The van der Waals surface area contributed by atoms with Crippen molar-refractivity contribution in [3.05, 3.63) is 35.0 Å². The molecule has 2 aromatic rings. The second-order valence-corrected chi connectivity index (χ2v) is 5.34. The molecule has 3 heteroatoms. The summed E-state index contributed by atoms with van der Waals surface area (Å²) >= 11 is 5.99. The Morgan fingerprint density at radius 1 is 1.24 bits per heavy atom. The van der Waals surface area contributed by atoms with Crippen LogP contribution < -0.4 is 5.32 Å². The number of fused-ring (bicyclic) bond motifs is 1. The summed E-state index contributed by atoms with van der Waals surface area (Å²) in [6.07, 6.45) is 5.91. The summed E-state index contributed by atoms with van der Waals surface area (Å²) < 4.78 is 0. The van der Waals surface area contributed by atoms with E-state index in [1.165, 1.54) is 43.3 Å². The Morgan fingerprint density at radius 2 is 2.06 bits per heavy atom. The lowest BCUT2D eigenvalue weighted by Gasteiger charge is -2.22. The Balaban J connectivity index is 1.84. The van der Waals surface area contributed by atoms with E-state index in [-0.39, 0.29) is 0 Å². The number of hydrogen-bond donors (Lipinski definition) is 2. The van der Waals surface area contributed by atoms with Gasteiger partial charge in [0.15, 0.2) is 0 Å². The molecule has 1 aliphatic rings. The van der Waals surface area contributed by atoms with Gasteiger partial charge in [0.25, 0.3) is 0 Å². The van der Waals surface area contributed by atoms with Crippen LogP contribution in [-0.4, -0.2) is 18.1 Å². The molecule has 1 aromatic carbocycles. The van der Waals surface area contributed by atoms with Crippen molar-refractivity contribution in [3.8, 4) is 0 Å². The molecule has 2 heterocycles. The van der Waals surface area contributed by atoms with E-state index in [1.54, 1.807) is 0 Å². The standard InChI is InChI=1S/C14H17ClN2/c15-12-1-2-13-11(9-17-14(13)8-12)7-10-3-5-16-6-4-10/h1-2,8-10,16-17H,3-7H2. The van der Waals surface area contributed by atoms with Crippen LogP contribution in [0, 0.1) is 5.92 Å². The molecule has 0 unspecified atom stereocenters. The molecule has 0 radical (unpaired) electrons. The second kappa shape index (κ2) is 4.71. The Labute approximate surface area is 106 Å². The fourth-order valence-electron chi connectivity index (χ4n) is 2.72. The molecule has 0 aliphatic carbocycles. The fourth-order valence-corrected chi connectivity index (χ4v) is 2.90. The molecule has 0 spiro atoms. The van der Waals surface area contributed by atoms with Crippen molar-refractivity contribution < 1.29 is 0 Å². The van der Waals surface area contributed by atoms with Crippen LogP contribution in [0.4, 0.5) is 0 Å². The molecule has 0 saturated carbocycles. The zero-order chi connectivity index (χ0) is 11.7. The first kappa shape index (κ1) is 11.1. The summed E-state index contributed by atoms with van der Waals surface area (Å²) in [5.74, 6) is 0.825. The maximum atomic E-state index is 5.99. The smallest absolute Gasteiger partial charge is 0.0471 e. The van der Waals surface area contributed by atoms with E-state index in [2.05, 4.69) is 22.6 Å². The number of H-pyrrole nitrogens is 1. The maximum Gasteiger partial charge on any atom is 0.0471 e. The van der Waals surface area contributed by atoms with Crippen LogP contribution in [0.2, 0.25) is 5.02 Å². The van der Waals surface area contributed by atoms with Crippen LogP contribution in [0.15, 0.2) is 24.4 Å². The summed E-state index contributed by atoms with van der Waals surface area (Å²) in [5.41, 5.74) is 2.59. The number of piperidine rings is 1. The van der Waals surface area contributed by atoms with Crippen molar-refractivity contribution >= 4 is 22.5 Å². The highest BCUT2D eigenvalue weighted by Crippen LogP contribution is 2.26. The molecule has 2 nitrogen and oxygen atoms in total. The van der Waals surface area contributed by atoms with Crippen LogP contribution >= 0.6 is 11.6 Å². The van der Waals surface area contributed by atoms with Gasteiger partial charge in [-0.05, 0) is 56.0 Å². The Bertz CT molecular complexity index is 512. The number of nitrogens with one attached hydrogen (secondary N) is 2. The van der Waals surface area contributed by atoms with Gasteiger partial charge >= 0.3 is 0 Å². The number of aromatic nitrogens is 1. The Morgan fingerprint density at radius 3 is 2.88 bits per heavy atom. The van der Waals surface area contributed by atoms with Crippen molar-refractivity contribution in [1.82, 2.24) is 10.3 Å². The number of aromatic amines is 1.